The van der Waals surface area contributed by atoms with Crippen LogP contribution in [-0.4, -0.2) is 25.1 Å². The van der Waals surface area contributed by atoms with E-state index in [2.05, 4.69) is 5.32 Å². The number of hydrogen-bond acceptors (Lipinski definition) is 5. The maximum atomic E-state index is 12.1. The van der Waals surface area contributed by atoms with Gasteiger partial charge in [-0.15, -0.1) is 0 Å². The number of nitrogens with zero attached hydrogens (tertiary/aromatic N) is 1. The van der Waals surface area contributed by atoms with Crippen molar-refractivity contribution in [2.24, 2.45) is 0 Å². The molecule has 0 radical (unpaired) electrons. The molecule has 3 rings (SSSR count). The number of fused-ring (bicyclic) bond motifs is 1. The average molecular weight is 328 g/mol. The van der Waals surface area contributed by atoms with E-state index in [1.807, 2.05) is 0 Å². The fraction of sp³-hybridized carbons (Fsp3) is 0.235. The molecule has 1 aliphatic rings. The zero-order valence-corrected chi connectivity index (χ0v) is 13.2. The molecule has 1 aliphatic heterocycles. The van der Waals surface area contributed by atoms with Crippen molar-refractivity contribution in [3.63, 3.8) is 0 Å². The molecule has 0 aliphatic carbocycles. The van der Waals surface area contributed by atoms with Gasteiger partial charge in [0, 0.05) is 41.7 Å². The van der Waals surface area contributed by atoms with Gasteiger partial charge in [-0.3, -0.25) is 14.9 Å². The number of carbonyl (C=O) groups excluding carboxylic acids is 1. The van der Waals surface area contributed by atoms with Crippen LogP contribution >= 0.6 is 0 Å². The minimum atomic E-state index is -0.462. The van der Waals surface area contributed by atoms with Crippen LogP contribution in [0, 0.1) is 10.1 Å². The van der Waals surface area contributed by atoms with Crippen molar-refractivity contribution in [1.29, 1.82) is 0 Å². The number of nitro groups is 1. The minimum Gasteiger partial charge on any atom is -0.497 e. The summed E-state index contributed by atoms with van der Waals surface area (Å²) in [5, 5.41) is 14.2. The third kappa shape index (κ3) is 2.64. The van der Waals surface area contributed by atoms with E-state index in [1.165, 1.54) is 20.3 Å². The van der Waals surface area contributed by atoms with E-state index in [4.69, 9.17) is 9.47 Å². The zero-order valence-electron chi connectivity index (χ0n) is 13.2. The first kappa shape index (κ1) is 15.8. The monoisotopic (exact) mass is 328 g/mol. The van der Waals surface area contributed by atoms with E-state index in [9.17, 15) is 14.9 Å². The SMILES string of the molecule is COc1cc2c(c(OC)c1)C(c1ccccc1[N+](=O)[O-])CC(=O)N2. The molecular weight excluding hydrogens is 312 g/mol. The lowest BCUT2D eigenvalue weighted by Gasteiger charge is -2.28. The average Bonchev–Trinajstić information content (AvgIpc) is 2.59. The number of amides is 1. The molecule has 0 spiro atoms. The molecule has 2 aromatic rings. The summed E-state index contributed by atoms with van der Waals surface area (Å²) in [6, 6.07) is 9.85. The molecule has 1 N–H and O–H groups in total. The molecule has 0 aromatic heterocycles. The second kappa shape index (κ2) is 6.19. The molecule has 1 amide bonds. The summed E-state index contributed by atoms with van der Waals surface area (Å²) in [5.74, 6) is 0.388. The second-order valence-electron chi connectivity index (χ2n) is 5.41. The van der Waals surface area contributed by atoms with Gasteiger partial charge in [0.2, 0.25) is 5.91 Å². The first-order valence-electron chi connectivity index (χ1n) is 7.34. The maximum Gasteiger partial charge on any atom is 0.273 e. The highest BCUT2D eigenvalue weighted by Crippen LogP contribution is 2.46. The van der Waals surface area contributed by atoms with Crippen LogP contribution in [0.5, 0.6) is 11.5 Å². The van der Waals surface area contributed by atoms with E-state index in [-0.39, 0.29) is 18.0 Å². The van der Waals surface area contributed by atoms with Crippen LogP contribution in [0.1, 0.15) is 23.5 Å². The van der Waals surface area contributed by atoms with Crippen LogP contribution in [-0.2, 0) is 4.79 Å². The van der Waals surface area contributed by atoms with Gasteiger partial charge < -0.3 is 14.8 Å². The number of hydrogen-bond donors (Lipinski definition) is 1. The zero-order chi connectivity index (χ0) is 17.3. The lowest BCUT2D eigenvalue weighted by Crippen LogP contribution is -2.24. The van der Waals surface area contributed by atoms with E-state index in [0.717, 1.165) is 0 Å². The van der Waals surface area contributed by atoms with Crippen molar-refractivity contribution in [3.8, 4) is 11.5 Å². The van der Waals surface area contributed by atoms with Crippen LogP contribution in [0.3, 0.4) is 0 Å². The third-order valence-electron chi connectivity index (χ3n) is 4.09. The quantitative estimate of drug-likeness (QED) is 0.688. The Bertz CT molecular complexity index is 819. The number of carbonyl (C=O) groups is 1. The van der Waals surface area contributed by atoms with E-state index < -0.39 is 10.8 Å². The van der Waals surface area contributed by atoms with Crippen LogP contribution in [0.25, 0.3) is 0 Å². The Morgan fingerprint density at radius 3 is 2.62 bits per heavy atom. The Balaban J connectivity index is 2.23. The first-order chi connectivity index (χ1) is 11.5. The summed E-state index contributed by atoms with van der Waals surface area (Å²) in [6.45, 7) is 0. The van der Waals surface area contributed by atoms with E-state index >= 15 is 0 Å². The van der Waals surface area contributed by atoms with Crippen molar-refractivity contribution in [2.45, 2.75) is 12.3 Å². The van der Waals surface area contributed by atoms with Crippen molar-refractivity contribution >= 4 is 17.3 Å². The summed E-state index contributed by atoms with van der Waals surface area (Å²) in [7, 11) is 3.04. The molecule has 124 valence electrons. The molecule has 1 heterocycles. The molecule has 1 atom stereocenters. The molecule has 2 aromatic carbocycles. The predicted octanol–water partition coefficient (Wildman–Crippen LogP) is 3.09. The van der Waals surface area contributed by atoms with Gasteiger partial charge in [-0.05, 0) is 0 Å². The fourth-order valence-corrected chi connectivity index (χ4v) is 3.05. The van der Waals surface area contributed by atoms with Crippen LogP contribution in [0.4, 0.5) is 11.4 Å². The third-order valence-corrected chi connectivity index (χ3v) is 4.09. The van der Waals surface area contributed by atoms with Gasteiger partial charge in [0.05, 0.1) is 24.8 Å². The molecule has 1 unspecified atom stereocenters. The summed E-state index contributed by atoms with van der Waals surface area (Å²) < 4.78 is 10.7. The van der Waals surface area contributed by atoms with Gasteiger partial charge in [0.15, 0.2) is 0 Å². The Hall–Kier alpha value is -3.09. The highest BCUT2D eigenvalue weighted by Gasteiger charge is 2.34. The van der Waals surface area contributed by atoms with Gasteiger partial charge in [0.1, 0.15) is 11.5 Å². The van der Waals surface area contributed by atoms with Gasteiger partial charge >= 0.3 is 0 Å². The van der Waals surface area contributed by atoms with Gasteiger partial charge in [0.25, 0.3) is 5.69 Å². The normalized spacial score (nSPS) is 16.1. The number of ether oxygens (including phenoxy) is 2. The largest absolute Gasteiger partial charge is 0.497 e. The lowest BCUT2D eigenvalue weighted by molar-refractivity contribution is -0.385. The molecule has 0 saturated heterocycles. The number of anilines is 1. The van der Waals surface area contributed by atoms with Crippen LogP contribution in [0.15, 0.2) is 36.4 Å². The topological polar surface area (TPSA) is 90.7 Å². The molecule has 7 heteroatoms. The number of nitrogens with one attached hydrogen (secondary N) is 1. The number of methoxy groups -OCH3 is 2. The molecule has 0 fully saturated rings. The van der Waals surface area contributed by atoms with E-state index in [0.29, 0.717) is 28.3 Å². The van der Waals surface area contributed by atoms with Crippen LogP contribution < -0.4 is 14.8 Å². The Kier molecular flexibility index (Phi) is 4.07. The summed E-state index contributed by atoms with van der Waals surface area (Å²) in [4.78, 5) is 23.1. The Labute approximate surface area is 138 Å². The summed E-state index contributed by atoms with van der Waals surface area (Å²) >= 11 is 0. The van der Waals surface area contributed by atoms with Crippen molar-refractivity contribution in [1.82, 2.24) is 0 Å². The second-order valence-corrected chi connectivity index (χ2v) is 5.41. The van der Waals surface area contributed by atoms with Crippen molar-refractivity contribution in [2.75, 3.05) is 19.5 Å². The van der Waals surface area contributed by atoms with Gasteiger partial charge in [-0.2, -0.15) is 0 Å². The summed E-state index contributed by atoms with van der Waals surface area (Å²) in [5.41, 5.74) is 1.74. The van der Waals surface area contributed by atoms with E-state index in [1.54, 1.807) is 30.3 Å². The smallest absolute Gasteiger partial charge is 0.273 e. The fourth-order valence-electron chi connectivity index (χ4n) is 3.05. The highest BCUT2D eigenvalue weighted by atomic mass is 16.6. The number of benzene rings is 2. The molecule has 7 nitrogen and oxygen atoms in total. The number of rotatable bonds is 4. The van der Waals surface area contributed by atoms with Crippen molar-refractivity contribution in [3.05, 3.63) is 57.6 Å². The molecule has 0 saturated carbocycles. The maximum absolute atomic E-state index is 12.1. The highest BCUT2D eigenvalue weighted by molar-refractivity contribution is 5.96. The lowest BCUT2D eigenvalue weighted by atomic mass is 9.83. The van der Waals surface area contributed by atoms with Crippen LogP contribution in [0.2, 0.25) is 0 Å². The van der Waals surface area contributed by atoms with Gasteiger partial charge in [-0.1, -0.05) is 18.2 Å². The summed E-state index contributed by atoms with van der Waals surface area (Å²) in [6.07, 6.45) is 0.112. The first-order valence-corrected chi connectivity index (χ1v) is 7.34. The molecular formula is C17H16N2O5. The predicted molar refractivity (Wildman–Crippen MR) is 87.7 cm³/mol. The number of nitro benzene ring substituents is 1. The Morgan fingerprint density at radius 1 is 1.21 bits per heavy atom. The Morgan fingerprint density at radius 2 is 1.96 bits per heavy atom. The van der Waals surface area contributed by atoms with Gasteiger partial charge in [-0.25, -0.2) is 0 Å². The standard InChI is InChI=1S/C17H16N2O5/c1-23-10-7-13-17(15(8-10)24-2)12(9-16(20)18-13)11-5-3-4-6-14(11)19(21)22/h3-8,12H,9H2,1-2H3,(H,18,20). The molecule has 24 heavy (non-hydrogen) atoms. The van der Waals surface area contributed by atoms with Crippen molar-refractivity contribution < 1.29 is 19.2 Å². The number of para-hydroxylation sites is 1. The minimum absolute atomic E-state index is 0.0129. The molecule has 0 bridgehead atoms.